The molecule has 118 valence electrons. The van der Waals surface area contributed by atoms with Gasteiger partial charge in [0.15, 0.2) is 0 Å². The lowest BCUT2D eigenvalue weighted by Gasteiger charge is -2.05. The summed E-state index contributed by atoms with van der Waals surface area (Å²) in [4.78, 5) is 27.3. The van der Waals surface area contributed by atoms with Crippen LogP contribution in [0.1, 0.15) is 24.0 Å². The second-order valence-electron chi connectivity index (χ2n) is 4.99. The van der Waals surface area contributed by atoms with Gasteiger partial charge >= 0.3 is 0 Å². The maximum atomic E-state index is 11.8. The lowest BCUT2D eigenvalue weighted by atomic mass is 10.2. The molecule has 0 saturated heterocycles. The summed E-state index contributed by atoms with van der Waals surface area (Å²) in [6.45, 7) is 1.97. The molecule has 0 atom stereocenters. The summed E-state index contributed by atoms with van der Waals surface area (Å²) >= 11 is 0. The molecule has 0 radical (unpaired) electrons. The van der Waals surface area contributed by atoms with Crippen LogP contribution >= 0.6 is 0 Å². The third kappa shape index (κ3) is 6.09. The van der Waals surface area contributed by atoms with Gasteiger partial charge in [-0.2, -0.15) is 5.10 Å². The van der Waals surface area contributed by atoms with Crippen molar-refractivity contribution < 1.29 is 9.59 Å². The summed E-state index contributed by atoms with van der Waals surface area (Å²) < 4.78 is 0. The fourth-order valence-electron chi connectivity index (χ4n) is 1.77. The van der Waals surface area contributed by atoms with Crippen molar-refractivity contribution in [1.82, 2.24) is 10.4 Å². The van der Waals surface area contributed by atoms with Crippen LogP contribution in [0.3, 0.4) is 0 Å². The minimum Gasteiger partial charge on any atom is -0.326 e. The van der Waals surface area contributed by atoms with Gasteiger partial charge in [-0.25, -0.2) is 5.43 Å². The van der Waals surface area contributed by atoms with Gasteiger partial charge in [0.05, 0.1) is 6.21 Å². The molecule has 0 saturated carbocycles. The van der Waals surface area contributed by atoms with Crippen molar-refractivity contribution in [1.29, 1.82) is 0 Å². The fourth-order valence-corrected chi connectivity index (χ4v) is 1.77. The van der Waals surface area contributed by atoms with Gasteiger partial charge in [0.25, 0.3) is 0 Å². The van der Waals surface area contributed by atoms with Gasteiger partial charge in [-0.3, -0.25) is 14.6 Å². The quantitative estimate of drug-likeness (QED) is 0.634. The maximum Gasteiger partial charge on any atom is 0.240 e. The zero-order valence-corrected chi connectivity index (χ0v) is 12.8. The Hall–Kier alpha value is -3.02. The van der Waals surface area contributed by atoms with Crippen molar-refractivity contribution in [2.75, 3.05) is 5.32 Å². The molecule has 6 heteroatoms. The summed E-state index contributed by atoms with van der Waals surface area (Å²) in [5.74, 6) is -0.517. The number of anilines is 1. The van der Waals surface area contributed by atoms with Gasteiger partial charge in [-0.1, -0.05) is 17.7 Å². The molecule has 2 N–H and O–H groups in total. The Bertz CT molecular complexity index is 681. The normalized spacial score (nSPS) is 10.5. The van der Waals surface area contributed by atoms with Crippen LogP contribution < -0.4 is 10.7 Å². The summed E-state index contributed by atoms with van der Waals surface area (Å²) in [5, 5.41) is 6.57. The van der Waals surface area contributed by atoms with E-state index >= 15 is 0 Å². The molecule has 0 fully saturated rings. The number of amides is 2. The number of hydrogen-bond acceptors (Lipinski definition) is 4. The number of carbonyl (C=O) groups is 2. The van der Waals surface area contributed by atoms with E-state index in [2.05, 4.69) is 20.8 Å². The Morgan fingerprint density at radius 2 is 1.70 bits per heavy atom. The van der Waals surface area contributed by atoms with E-state index in [1.807, 2.05) is 31.2 Å². The minimum atomic E-state index is -0.311. The van der Waals surface area contributed by atoms with Crippen LogP contribution in [-0.4, -0.2) is 23.0 Å². The molecule has 0 aliphatic carbocycles. The van der Waals surface area contributed by atoms with E-state index in [9.17, 15) is 9.59 Å². The molecular formula is C17H18N4O2. The van der Waals surface area contributed by atoms with Crippen molar-refractivity contribution in [2.45, 2.75) is 19.8 Å². The van der Waals surface area contributed by atoms with Crippen molar-refractivity contribution in [3.8, 4) is 0 Å². The molecule has 0 bridgehead atoms. The summed E-state index contributed by atoms with van der Waals surface area (Å²) in [7, 11) is 0. The van der Waals surface area contributed by atoms with Crippen LogP contribution in [0.25, 0.3) is 0 Å². The smallest absolute Gasteiger partial charge is 0.240 e. The predicted octanol–water partition coefficient (Wildman–Crippen LogP) is 2.26. The Morgan fingerprint density at radius 1 is 1.04 bits per heavy atom. The second kappa shape index (κ2) is 8.43. The molecule has 2 amide bonds. The standard InChI is InChI=1S/C17H18N4O2/c1-13-2-4-15(5-3-13)20-16(22)6-7-17(23)21-19-12-14-8-10-18-11-9-14/h2-5,8-12H,6-7H2,1H3,(H,20,22)(H,21,23)/b19-12-. The minimum absolute atomic E-state index is 0.0748. The van der Waals surface area contributed by atoms with Crippen LogP contribution in [-0.2, 0) is 9.59 Å². The van der Waals surface area contributed by atoms with E-state index in [-0.39, 0.29) is 24.7 Å². The highest BCUT2D eigenvalue weighted by atomic mass is 16.2. The Morgan fingerprint density at radius 3 is 2.39 bits per heavy atom. The van der Waals surface area contributed by atoms with E-state index in [1.165, 1.54) is 6.21 Å². The molecule has 23 heavy (non-hydrogen) atoms. The summed E-state index contributed by atoms with van der Waals surface area (Å²) in [5.41, 5.74) is 5.06. The SMILES string of the molecule is Cc1ccc(NC(=O)CCC(=O)N/N=C\c2ccncc2)cc1. The van der Waals surface area contributed by atoms with Crippen molar-refractivity contribution in [3.05, 3.63) is 59.9 Å². The highest BCUT2D eigenvalue weighted by molar-refractivity contribution is 5.93. The number of pyridine rings is 1. The summed E-state index contributed by atoms with van der Waals surface area (Å²) in [6, 6.07) is 11.0. The molecule has 2 rings (SSSR count). The van der Waals surface area contributed by atoms with Gasteiger partial charge in [0, 0.05) is 30.9 Å². The zero-order valence-electron chi connectivity index (χ0n) is 12.8. The van der Waals surface area contributed by atoms with Crippen LogP contribution in [0.5, 0.6) is 0 Å². The van der Waals surface area contributed by atoms with Gasteiger partial charge < -0.3 is 5.32 Å². The average Bonchev–Trinajstić information content (AvgIpc) is 2.56. The van der Waals surface area contributed by atoms with Crippen LogP contribution in [0.4, 0.5) is 5.69 Å². The predicted molar refractivity (Wildman–Crippen MR) is 89.0 cm³/mol. The van der Waals surface area contributed by atoms with E-state index in [4.69, 9.17) is 0 Å². The number of rotatable bonds is 6. The van der Waals surface area contributed by atoms with Crippen LogP contribution in [0, 0.1) is 6.92 Å². The summed E-state index contributed by atoms with van der Waals surface area (Å²) in [6.07, 6.45) is 4.97. The highest BCUT2D eigenvalue weighted by Gasteiger charge is 2.06. The number of nitrogens with zero attached hydrogens (tertiary/aromatic N) is 2. The number of carbonyl (C=O) groups excluding carboxylic acids is 2. The molecular weight excluding hydrogens is 292 g/mol. The number of hydrazone groups is 1. The van der Waals surface area contributed by atoms with Crippen molar-refractivity contribution in [2.24, 2.45) is 5.10 Å². The average molecular weight is 310 g/mol. The highest BCUT2D eigenvalue weighted by Crippen LogP contribution is 2.09. The fraction of sp³-hybridized carbons (Fsp3) is 0.176. The molecule has 0 spiro atoms. The van der Waals surface area contributed by atoms with Crippen LogP contribution in [0.15, 0.2) is 53.9 Å². The topological polar surface area (TPSA) is 83.5 Å². The van der Waals surface area contributed by atoms with Crippen molar-refractivity contribution in [3.63, 3.8) is 0 Å². The number of benzene rings is 1. The first-order valence-corrected chi connectivity index (χ1v) is 7.22. The molecule has 0 unspecified atom stereocenters. The molecule has 0 aliphatic heterocycles. The lowest BCUT2D eigenvalue weighted by Crippen LogP contribution is -2.20. The van der Waals surface area contributed by atoms with Gasteiger partial charge in [0.2, 0.25) is 11.8 Å². The molecule has 1 aromatic heterocycles. The van der Waals surface area contributed by atoms with Gasteiger partial charge in [0.1, 0.15) is 0 Å². The number of aryl methyl sites for hydroxylation is 1. The number of hydrogen-bond donors (Lipinski definition) is 2. The monoisotopic (exact) mass is 310 g/mol. The van der Waals surface area contributed by atoms with E-state index < -0.39 is 0 Å². The van der Waals surface area contributed by atoms with E-state index in [0.717, 1.165) is 16.8 Å². The Labute approximate surface area is 134 Å². The Kier molecular flexibility index (Phi) is 5.99. The number of nitrogens with one attached hydrogen (secondary N) is 2. The van der Waals surface area contributed by atoms with E-state index in [0.29, 0.717) is 0 Å². The van der Waals surface area contributed by atoms with Gasteiger partial charge in [-0.15, -0.1) is 0 Å². The number of aromatic nitrogens is 1. The molecule has 1 aromatic carbocycles. The second-order valence-corrected chi connectivity index (χ2v) is 4.99. The first kappa shape index (κ1) is 16.4. The lowest BCUT2D eigenvalue weighted by molar-refractivity contribution is -0.124. The Balaban J connectivity index is 1.70. The molecule has 6 nitrogen and oxygen atoms in total. The van der Waals surface area contributed by atoms with Crippen LogP contribution in [0.2, 0.25) is 0 Å². The first-order valence-electron chi connectivity index (χ1n) is 7.22. The van der Waals surface area contributed by atoms with E-state index in [1.54, 1.807) is 24.5 Å². The molecule has 1 heterocycles. The largest absolute Gasteiger partial charge is 0.326 e. The first-order chi connectivity index (χ1) is 11.1. The van der Waals surface area contributed by atoms with Crippen molar-refractivity contribution >= 4 is 23.7 Å². The zero-order chi connectivity index (χ0) is 16.5. The van der Waals surface area contributed by atoms with Gasteiger partial charge in [-0.05, 0) is 36.8 Å². The molecule has 0 aliphatic rings. The maximum absolute atomic E-state index is 11.8. The third-order valence-corrected chi connectivity index (χ3v) is 3.02. The third-order valence-electron chi connectivity index (χ3n) is 3.02. The molecule has 2 aromatic rings.